The summed E-state index contributed by atoms with van der Waals surface area (Å²) in [5.74, 6) is -1.40. The van der Waals surface area contributed by atoms with E-state index in [1.165, 1.54) is 0 Å². The standard InChI is InChI=1S/C11H19NO5/c1-5-15-10(14)8-7(4)9(13)12-11(17-8)16-6(2)3/h6-8,11H,5H2,1-4H3,(H,12,13)/t7-,8+,11+/m1/s1. The van der Waals surface area contributed by atoms with Gasteiger partial charge in [0.15, 0.2) is 6.10 Å². The molecule has 17 heavy (non-hydrogen) atoms. The lowest BCUT2D eigenvalue weighted by atomic mass is 10.0. The smallest absolute Gasteiger partial charge is 0.336 e. The van der Waals surface area contributed by atoms with Gasteiger partial charge in [-0.3, -0.25) is 4.79 Å². The molecule has 1 aliphatic heterocycles. The van der Waals surface area contributed by atoms with Crippen molar-refractivity contribution in [1.29, 1.82) is 0 Å². The first-order valence-electron chi connectivity index (χ1n) is 5.73. The fourth-order valence-corrected chi connectivity index (χ4v) is 1.47. The molecule has 1 N–H and O–H groups in total. The van der Waals surface area contributed by atoms with Crippen LogP contribution in [0.1, 0.15) is 27.7 Å². The zero-order valence-corrected chi connectivity index (χ0v) is 10.6. The Balaban J connectivity index is 2.67. The van der Waals surface area contributed by atoms with Crippen molar-refractivity contribution in [3.05, 3.63) is 0 Å². The molecule has 1 rings (SSSR count). The van der Waals surface area contributed by atoms with E-state index in [-0.39, 0.29) is 18.6 Å². The maximum Gasteiger partial charge on any atom is 0.336 e. The fraction of sp³-hybridized carbons (Fsp3) is 0.818. The summed E-state index contributed by atoms with van der Waals surface area (Å²) < 4.78 is 15.5. The third-order valence-corrected chi connectivity index (χ3v) is 2.31. The van der Waals surface area contributed by atoms with E-state index in [2.05, 4.69) is 5.32 Å². The summed E-state index contributed by atoms with van der Waals surface area (Å²) in [6.45, 7) is 7.19. The Hall–Kier alpha value is -1.14. The molecule has 6 nitrogen and oxygen atoms in total. The summed E-state index contributed by atoms with van der Waals surface area (Å²) in [5, 5.41) is 2.53. The van der Waals surface area contributed by atoms with Crippen molar-refractivity contribution >= 4 is 11.9 Å². The lowest BCUT2D eigenvalue weighted by molar-refractivity contribution is -0.236. The van der Waals surface area contributed by atoms with Gasteiger partial charge in [0.2, 0.25) is 12.3 Å². The van der Waals surface area contributed by atoms with Crippen LogP contribution in [-0.2, 0) is 23.8 Å². The third-order valence-electron chi connectivity index (χ3n) is 2.31. The van der Waals surface area contributed by atoms with Gasteiger partial charge in [0.05, 0.1) is 18.6 Å². The molecule has 98 valence electrons. The Morgan fingerprint density at radius 1 is 1.53 bits per heavy atom. The molecule has 0 aromatic carbocycles. The summed E-state index contributed by atoms with van der Waals surface area (Å²) in [6, 6.07) is 0. The highest BCUT2D eigenvalue weighted by Crippen LogP contribution is 2.18. The van der Waals surface area contributed by atoms with Gasteiger partial charge in [-0.1, -0.05) is 6.92 Å². The summed E-state index contributed by atoms with van der Waals surface area (Å²) in [5.41, 5.74) is 0. The Kier molecular flexibility index (Phi) is 4.89. The first-order valence-corrected chi connectivity index (χ1v) is 5.73. The van der Waals surface area contributed by atoms with Crippen LogP contribution in [0.25, 0.3) is 0 Å². The van der Waals surface area contributed by atoms with Gasteiger partial charge >= 0.3 is 5.97 Å². The highest BCUT2D eigenvalue weighted by atomic mass is 16.7. The Morgan fingerprint density at radius 3 is 2.71 bits per heavy atom. The number of nitrogens with one attached hydrogen (secondary N) is 1. The molecule has 0 unspecified atom stereocenters. The number of carbonyl (C=O) groups is 2. The molecule has 1 heterocycles. The first-order chi connectivity index (χ1) is 7.95. The summed E-state index contributed by atoms with van der Waals surface area (Å²) in [6.07, 6.45) is -1.92. The normalized spacial score (nSPS) is 29.0. The monoisotopic (exact) mass is 245 g/mol. The fourth-order valence-electron chi connectivity index (χ4n) is 1.47. The second kappa shape index (κ2) is 5.97. The largest absolute Gasteiger partial charge is 0.464 e. The van der Waals surface area contributed by atoms with Crippen LogP contribution < -0.4 is 5.32 Å². The molecule has 0 aliphatic carbocycles. The van der Waals surface area contributed by atoms with Crippen molar-refractivity contribution in [2.75, 3.05) is 6.61 Å². The molecule has 0 aromatic rings. The van der Waals surface area contributed by atoms with Gasteiger partial charge in [-0.2, -0.15) is 0 Å². The average molecular weight is 245 g/mol. The van der Waals surface area contributed by atoms with Crippen LogP contribution in [0, 0.1) is 5.92 Å². The molecule has 1 saturated heterocycles. The second-order valence-corrected chi connectivity index (χ2v) is 4.12. The molecule has 3 atom stereocenters. The van der Waals surface area contributed by atoms with Gasteiger partial charge in [0, 0.05) is 0 Å². The van der Waals surface area contributed by atoms with Crippen LogP contribution in [0.5, 0.6) is 0 Å². The molecule has 0 saturated carbocycles. The molecule has 6 heteroatoms. The van der Waals surface area contributed by atoms with Crippen LogP contribution in [-0.4, -0.2) is 37.1 Å². The zero-order chi connectivity index (χ0) is 13.0. The second-order valence-electron chi connectivity index (χ2n) is 4.12. The lowest BCUT2D eigenvalue weighted by Gasteiger charge is -2.33. The predicted molar refractivity (Wildman–Crippen MR) is 58.8 cm³/mol. The van der Waals surface area contributed by atoms with Gasteiger partial charge in [0.1, 0.15) is 0 Å². The van der Waals surface area contributed by atoms with Crippen molar-refractivity contribution in [2.24, 2.45) is 5.92 Å². The first kappa shape index (κ1) is 13.9. The van der Waals surface area contributed by atoms with E-state index in [9.17, 15) is 9.59 Å². The number of amides is 1. The number of esters is 1. The molecule has 0 bridgehead atoms. The van der Waals surface area contributed by atoms with Crippen molar-refractivity contribution in [1.82, 2.24) is 5.32 Å². The van der Waals surface area contributed by atoms with Crippen LogP contribution in [0.15, 0.2) is 0 Å². The van der Waals surface area contributed by atoms with E-state index < -0.39 is 24.4 Å². The zero-order valence-electron chi connectivity index (χ0n) is 10.6. The topological polar surface area (TPSA) is 73.9 Å². The number of rotatable bonds is 4. The van der Waals surface area contributed by atoms with Crippen LogP contribution in [0.4, 0.5) is 0 Å². The molecular formula is C11H19NO5. The minimum absolute atomic E-state index is 0.114. The third kappa shape index (κ3) is 3.67. The van der Waals surface area contributed by atoms with E-state index in [0.29, 0.717) is 0 Å². The number of carbonyl (C=O) groups excluding carboxylic acids is 2. The maximum atomic E-state index is 11.6. The summed E-state index contributed by atoms with van der Waals surface area (Å²) >= 11 is 0. The van der Waals surface area contributed by atoms with Crippen LogP contribution >= 0.6 is 0 Å². The summed E-state index contributed by atoms with van der Waals surface area (Å²) in [7, 11) is 0. The highest BCUT2D eigenvalue weighted by molar-refractivity contribution is 5.87. The Morgan fingerprint density at radius 2 is 2.18 bits per heavy atom. The molecule has 1 amide bonds. The Labute approximate surface area is 101 Å². The highest BCUT2D eigenvalue weighted by Gasteiger charge is 2.40. The minimum atomic E-state index is -0.910. The van der Waals surface area contributed by atoms with Crippen LogP contribution in [0.2, 0.25) is 0 Å². The van der Waals surface area contributed by atoms with Gasteiger partial charge in [-0.05, 0) is 20.8 Å². The number of ether oxygens (including phenoxy) is 3. The average Bonchev–Trinajstić information content (AvgIpc) is 2.22. The van der Waals surface area contributed by atoms with Gasteiger partial charge in [0.25, 0.3) is 0 Å². The Bertz CT molecular complexity index is 292. The van der Waals surface area contributed by atoms with Gasteiger partial charge in [-0.15, -0.1) is 0 Å². The molecule has 0 radical (unpaired) electrons. The number of hydrogen-bond donors (Lipinski definition) is 1. The minimum Gasteiger partial charge on any atom is -0.464 e. The molecule has 0 spiro atoms. The number of hydrogen-bond acceptors (Lipinski definition) is 5. The van der Waals surface area contributed by atoms with Crippen molar-refractivity contribution in [3.8, 4) is 0 Å². The van der Waals surface area contributed by atoms with Crippen molar-refractivity contribution in [2.45, 2.75) is 46.3 Å². The van der Waals surface area contributed by atoms with E-state index >= 15 is 0 Å². The van der Waals surface area contributed by atoms with E-state index in [1.54, 1.807) is 13.8 Å². The molecule has 1 aliphatic rings. The van der Waals surface area contributed by atoms with Crippen molar-refractivity contribution in [3.63, 3.8) is 0 Å². The van der Waals surface area contributed by atoms with E-state index in [1.807, 2.05) is 13.8 Å². The summed E-state index contributed by atoms with van der Waals surface area (Å²) in [4.78, 5) is 23.2. The van der Waals surface area contributed by atoms with Gasteiger partial charge < -0.3 is 19.5 Å². The SMILES string of the molecule is CCOC(=O)[C@H]1O[C@H](OC(C)C)NC(=O)[C@@H]1C. The van der Waals surface area contributed by atoms with E-state index in [0.717, 1.165) is 0 Å². The van der Waals surface area contributed by atoms with Gasteiger partial charge in [-0.25, -0.2) is 4.79 Å². The van der Waals surface area contributed by atoms with E-state index in [4.69, 9.17) is 14.2 Å². The quantitative estimate of drug-likeness (QED) is 0.726. The van der Waals surface area contributed by atoms with Crippen LogP contribution in [0.3, 0.4) is 0 Å². The molecule has 0 aromatic heterocycles. The molecule has 1 fully saturated rings. The maximum absolute atomic E-state index is 11.6. The van der Waals surface area contributed by atoms with Crippen molar-refractivity contribution < 1.29 is 23.8 Å². The molecular weight excluding hydrogens is 226 g/mol. The lowest BCUT2D eigenvalue weighted by Crippen LogP contribution is -2.56. The predicted octanol–water partition coefficient (Wildman–Crippen LogP) is 0.409.